The Kier molecular flexibility index (Phi) is 2.33. The molecule has 0 saturated heterocycles. The summed E-state index contributed by atoms with van der Waals surface area (Å²) in [5.74, 6) is 1.04. The second-order valence-electron chi connectivity index (χ2n) is 3.92. The highest BCUT2D eigenvalue weighted by Gasteiger charge is 2.09. The Balaban J connectivity index is 2.03. The van der Waals surface area contributed by atoms with Gasteiger partial charge in [-0.2, -0.15) is 0 Å². The van der Waals surface area contributed by atoms with Crippen LogP contribution in [-0.4, -0.2) is 14.5 Å². The van der Waals surface area contributed by atoms with Gasteiger partial charge >= 0.3 is 0 Å². The van der Waals surface area contributed by atoms with Gasteiger partial charge in [-0.1, -0.05) is 12.1 Å². The molecular weight excluding hydrogens is 232 g/mol. The molecule has 0 amide bonds. The lowest BCUT2D eigenvalue weighted by Crippen LogP contribution is -1.97. The zero-order chi connectivity index (χ0) is 11.8. The topological polar surface area (TPSA) is 56.7 Å². The molecule has 2 N–H and O–H groups in total. The Morgan fingerprint density at radius 1 is 1.35 bits per heavy atom. The average molecular weight is 244 g/mol. The minimum absolute atomic E-state index is 0.610. The van der Waals surface area contributed by atoms with Gasteiger partial charge in [0.2, 0.25) is 0 Å². The van der Waals surface area contributed by atoms with Crippen molar-refractivity contribution in [2.75, 3.05) is 5.73 Å². The van der Waals surface area contributed by atoms with E-state index in [1.54, 1.807) is 0 Å². The maximum Gasteiger partial charge on any atom is 0.180 e. The molecule has 5 heteroatoms. The molecule has 0 atom stereocenters. The standard InChI is InChI=1S/C12H12N4S/c1-16-10-5-3-2-4-9(10)15-11(16)6-8-7-14-12(13)17-8/h2-5,7H,6H2,1H3,(H2,13,14). The predicted molar refractivity (Wildman–Crippen MR) is 70.0 cm³/mol. The molecule has 17 heavy (non-hydrogen) atoms. The normalized spacial score (nSPS) is 11.1. The Labute approximate surface area is 103 Å². The third-order valence-corrected chi connectivity index (χ3v) is 3.61. The van der Waals surface area contributed by atoms with E-state index in [0.717, 1.165) is 28.2 Å². The summed E-state index contributed by atoms with van der Waals surface area (Å²) in [6.07, 6.45) is 2.60. The molecule has 0 spiro atoms. The summed E-state index contributed by atoms with van der Waals surface area (Å²) in [7, 11) is 2.04. The second kappa shape index (κ2) is 3.85. The maximum atomic E-state index is 5.63. The van der Waals surface area contributed by atoms with Crippen molar-refractivity contribution < 1.29 is 0 Å². The summed E-state index contributed by atoms with van der Waals surface area (Å²) in [6.45, 7) is 0. The molecule has 0 aliphatic carbocycles. The van der Waals surface area contributed by atoms with Gasteiger partial charge in [-0.25, -0.2) is 9.97 Å². The minimum Gasteiger partial charge on any atom is -0.375 e. The number of imidazole rings is 1. The Morgan fingerprint density at radius 3 is 2.88 bits per heavy atom. The Bertz CT molecular complexity index is 668. The molecule has 0 fully saturated rings. The number of benzene rings is 1. The van der Waals surface area contributed by atoms with Crippen molar-refractivity contribution in [2.45, 2.75) is 6.42 Å². The molecule has 1 aromatic carbocycles. The number of rotatable bonds is 2. The first kappa shape index (κ1) is 10.3. The molecule has 0 unspecified atom stereocenters. The van der Waals surface area contributed by atoms with Crippen molar-refractivity contribution in [1.82, 2.24) is 14.5 Å². The van der Waals surface area contributed by atoms with E-state index in [-0.39, 0.29) is 0 Å². The SMILES string of the molecule is Cn1c(Cc2cnc(N)s2)nc2ccccc21. The summed E-state index contributed by atoms with van der Waals surface area (Å²) >= 11 is 1.51. The van der Waals surface area contributed by atoms with Crippen molar-refractivity contribution in [3.63, 3.8) is 0 Å². The number of fused-ring (bicyclic) bond motifs is 1. The van der Waals surface area contributed by atoms with Gasteiger partial charge in [-0.3, -0.25) is 0 Å². The third-order valence-electron chi connectivity index (χ3n) is 2.78. The quantitative estimate of drug-likeness (QED) is 0.752. The van der Waals surface area contributed by atoms with E-state index in [2.05, 4.69) is 20.6 Å². The van der Waals surface area contributed by atoms with E-state index in [0.29, 0.717) is 5.13 Å². The fraction of sp³-hybridized carbons (Fsp3) is 0.167. The highest BCUT2D eigenvalue weighted by atomic mass is 32.1. The number of hydrogen-bond acceptors (Lipinski definition) is 4. The molecule has 0 aliphatic rings. The van der Waals surface area contributed by atoms with Crippen LogP contribution in [0.2, 0.25) is 0 Å². The molecule has 0 bridgehead atoms. The van der Waals surface area contributed by atoms with Crippen LogP contribution in [0.5, 0.6) is 0 Å². The third kappa shape index (κ3) is 1.78. The molecule has 2 heterocycles. The van der Waals surface area contributed by atoms with Crippen LogP contribution < -0.4 is 5.73 Å². The lowest BCUT2D eigenvalue weighted by molar-refractivity contribution is 0.849. The van der Waals surface area contributed by atoms with Crippen molar-refractivity contribution in [2.24, 2.45) is 7.05 Å². The molecule has 86 valence electrons. The second-order valence-corrected chi connectivity index (χ2v) is 5.06. The number of nitrogens with two attached hydrogens (primary N) is 1. The number of aryl methyl sites for hydroxylation is 1. The monoisotopic (exact) mass is 244 g/mol. The molecular formula is C12H12N4S. The van der Waals surface area contributed by atoms with Gasteiger partial charge in [0.1, 0.15) is 5.82 Å². The van der Waals surface area contributed by atoms with Crippen molar-refractivity contribution in [3.8, 4) is 0 Å². The van der Waals surface area contributed by atoms with Crippen LogP contribution in [0, 0.1) is 0 Å². The first-order valence-electron chi connectivity index (χ1n) is 5.34. The first-order chi connectivity index (χ1) is 8.24. The van der Waals surface area contributed by atoms with E-state index >= 15 is 0 Å². The highest BCUT2D eigenvalue weighted by molar-refractivity contribution is 7.15. The number of anilines is 1. The van der Waals surface area contributed by atoms with Gasteiger partial charge < -0.3 is 10.3 Å². The summed E-state index contributed by atoms with van der Waals surface area (Å²) in [5.41, 5.74) is 7.81. The van der Waals surface area contributed by atoms with E-state index in [1.807, 2.05) is 31.4 Å². The fourth-order valence-electron chi connectivity index (χ4n) is 1.91. The Hall–Kier alpha value is -1.88. The molecule has 2 aromatic heterocycles. The summed E-state index contributed by atoms with van der Waals surface area (Å²) in [6, 6.07) is 8.13. The molecule has 3 rings (SSSR count). The minimum atomic E-state index is 0.610. The smallest absolute Gasteiger partial charge is 0.180 e. The number of hydrogen-bond donors (Lipinski definition) is 1. The summed E-state index contributed by atoms with van der Waals surface area (Å²) in [4.78, 5) is 9.81. The fourth-order valence-corrected chi connectivity index (χ4v) is 2.59. The van der Waals surface area contributed by atoms with E-state index < -0.39 is 0 Å². The summed E-state index contributed by atoms with van der Waals surface area (Å²) in [5, 5.41) is 0.610. The van der Waals surface area contributed by atoms with Gasteiger partial charge in [-0.15, -0.1) is 11.3 Å². The van der Waals surface area contributed by atoms with E-state index in [1.165, 1.54) is 11.3 Å². The van der Waals surface area contributed by atoms with Gasteiger partial charge in [0.15, 0.2) is 5.13 Å². The van der Waals surface area contributed by atoms with Crippen LogP contribution in [0.4, 0.5) is 5.13 Å². The van der Waals surface area contributed by atoms with Crippen LogP contribution >= 0.6 is 11.3 Å². The zero-order valence-electron chi connectivity index (χ0n) is 9.42. The van der Waals surface area contributed by atoms with E-state index in [4.69, 9.17) is 5.73 Å². The van der Waals surface area contributed by atoms with Gasteiger partial charge in [0.05, 0.1) is 11.0 Å². The average Bonchev–Trinajstić information content (AvgIpc) is 2.86. The van der Waals surface area contributed by atoms with Crippen LogP contribution in [0.25, 0.3) is 11.0 Å². The van der Waals surface area contributed by atoms with Crippen molar-refractivity contribution >= 4 is 27.5 Å². The number of aromatic nitrogens is 3. The molecule has 0 aliphatic heterocycles. The largest absolute Gasteiger partial charge is 0.375 e. The van der Waals surface area contributed by atoms with Gasteiger partial charge in [0.25, 0.3) is 0 Å². The van der Waals surface area contributed by atoms with Gasteiger partial charge in [0, 0.05) is 24.5 Å². The molecule has 3 aromatic rings. The molecule has 0 saturated carbocycles. The van der Waals surface area contributed by atoms with Crippen molar-refractivity contribution in [3.05, 3.63) is 41.2 Å². The van der Waals surface area contributed by atoms with Crippen LogP contribution in [-0.2, 0) is 13.5 Å². The molecule has 0 radical (unpaired) electrons. The van der Waals surface area contributed by atoms with Crippen LogP contribution in [0.15, 0.2) is 30.5 Å². The van der Waals surface area contributed by atoms with Crippen LogP contribution in [0.1, 0.15) is 10.7 Å². The lowest BCUT2D eigenvalue weighted by Gasteiger charge is -1.99. The van der Waals surface area contributed by atoms with Gasteiger partial charge in [-0.05, 0) is 12.1 Å². The number of nitrogen functional groups attached to an aromatic ring is 1. The first-order valence-corrected chi connectivity index (χ1v) is 6.16. The lowest BCUT2D eigenvalue weighted by atomic mass is 10.3. The number of thiazole rings is 1. The number of nitrogens with zero attached hydrogens (tertiary/aromatic N) is 3. The highest BCUT2D eigenvalue weighted by Crippen LogP contribution is 2.20. The zero-order valence-corrected chi connectivity index (χ0v) is 10.2. The maximum absolute atomic E-state index is 5.63. The predicted octanol–water partition coefficient (Wildman–Crippen LogP) is 2.20. The van der Waals surface area contributed by atoms with E-state index in [9.17, 15) is 0 Å². The number of para-hydroxylation sites is 2. The molecule has 4 nitrogen and oxygen atoms in total. The van der Waals surface area contributed by atoms with Crippen molar-refractivity contribution in [1.29, 1.82) is 0 Å². The van der Waals surface area contributed by atoms with Crippen LogP contribution in [0.3, 0.4) is 0 Å². The Morgan fingerprint density at radius 2 is 2.18 bits per heavy atom. The summed E-state index contributed by atoms with van der Waals surface area (Å²) < 4.78 is 2.12.